The Morgan fingerprint density at radius 3 is 2.67 bits per heavy atom. The zero-order valence-electron chi connectivity index (χ0n) is 17.4. The number of aliphatic hydroxyl groups excluding tert-OH is 1. The number of anilines is 3. The van der Waals surface area contributed by atoms with E-state index in [0.717, 1.165) is 29.7 Å². The molecule has 4 N–H and O–H groups in total. The third-order valence-corrected chi connectivity index (χ3v) is 6.51. The van der Waals surface area contributed by atoms with Crippen LogP contribution in [0.4, 0.5) is 17.5 Å². The molecule has 1 aliphatic heterocycles. The van der Waals surface area contributed by atoms with Crippen LogP contribution in [0.15, 0.2) is 39.8 Å². The summed E-state index contributed by atoms with van der Waals surface area (Å²) >= 11 is 5.12. The molecule has 7 nitrogen and oxygen atoms in total. The monoisotopic (exact) mass is 494 g/mol. The molecule has 164 valence electrons. The molecule has 0 aliphatic carbocycles. The van der Waals surface area contributed by atoms with Crippen LogP contribution in [0.5, 0.6) is 0 Å². The average molecular weight is 495 g/mol. The topological polar surface area (TPSA) is 85.3 Å². The Hall–Kier alpha value is -1.39. The highest BCUT2D eigenvalue weighted by molar-refractivity contribution is 9.10. The lowest BCUT2D eigenvalue weighted by Crippen LogP contribution is -2.34. The lowest BCUT2D eigenvalue weighted by Gasteiger charge is -2.26. The van der Waals surface area contributed by atoms with Gasteiger partial charge < -0.3 is 20.6 Å². The third-order valence-electron chi connectivity index (χ3n) is 5.08. The minimum absolute atomic E-state index is 0.0391. The van der Waals surface area contributed by atoms with E-state index in [2.05, 4.69) is 58.3 Å². The summed E-state index contributed by atoms with van der Waals surface area (Å²) in [6, 6.07) is 8.17. The third kappa shape index (κ3) is 7.39. The Kier molecular flexibility index (Phi) is 9.67. The van der Waals surface area contributed by atoms with Gasteiger partial charge in [0.15, 0.2) is 0 Å². The Bertz CT molecular complexity index is 769. The molecule has 1 aliphatic rings. The molecular formula is C21H31BrN6OS. The van der Waals surface area contributed by atoms with Crippen molar-refractivity contribution in [2.75, 3.05) is 43.4 Å². The van der Waals surface area contributed by atoms with Gasteiger partial charge in [0.2, 0.25) is 5.95 Å². The van der Waals surface area contributed by atoms with Crippen molar-refractivity contribution in [3.05, 3.63) is 34.9 Å². The maximum absolute atomic E-state index is 9.41. The maximum Gasteiger partial charge on any atom is 0.229 e. The van der Waals surface area contributed by atoms with Crippen LogP contribution in [-0.2, 0) is 0 Å². The van der Waals surface area contributed by atoms with Crippen LogP contribution in [0.1, 0.15) is 32.6 Å². The van der Waals surface area contributed by atoms with Crippen molar-refractivity contribution >= 4 is 45.3 Å². The molecule has 2 aromatic rings. The van der Waals surface area contributed by atoms with Crippen LogP contribution in [0.3, 0.4) is 0 Å². The quantitative estimate of drug-likeness (QED) is 0.272. The summed E-state index contributed by atoms with van der Waals surface area (Å²) in [6.45, 7) is 6.65. The molecule has 0 amide bonds. The van der Waals surface area contributed by atoms with Gasteiger partial charge in [-0.15, -0.1) is 0 Å². The molecule has 0 bridgehead atoms. The fourth-order valence-corrected chi connectivity index (χ4v) is 4.19. The zero-order valence-corrected chi connectivity index (χ0v) is 19.8. The van der Waals surface area contributed by atoms with Crippen molar-refractivity contribution in [3.63, 3.8) is 0 Å². The molecular weight excluding hydrogens is 464 g/mol. The summed E-state index contributed by atoms with van der Waals surface area (Å²) in [5.74, 6) is 1.17. The molecule has 0 radical (unpaired) electrons. The number of rotatable bonds is 11. The van der Waals surface area contributed by atoms with Gasteiger partial charge in [-0.05, 0) is 84.5 Å². The van der Waals surface area contributed by atoms with Crippen molar-refractivity contribution in [2.24, 2.45) is 0 Å². The number of nitrogens with zero attached hydrogens (tertiary/aromatic N) is 3. The van der Waals surface area contributed by atoms with Crippen LogP contribution in [-0.4, -0.2) is 58.8 Å². The molecule has 30 heavy (non-hydrogen) atoms. The van der Waals surface area contributed by atoms with E-state index in [1.165, 1.54) is 37.2 Å². The SMILES string of the molecule is CCC(CO)Nc1nc(Nc2ccc(SNCCN3CCCCC3)cc2)ncc1Br. The first kappa shape index (κ1) is 23.3. The first-order valence-electron chi connectivity index (χ1n) is 10.6. The van der Waals surface area contributed by atoms with Crippen molar-refractivity contribution in [1.29, 1.82) is 0 Å². The number of likely N-dealkylation sites (tertiary alicyclic amines) is 1. The molecule has 1 unspecified atom stereocenters. The van der Waals surface area contributed by atoms with E-state index in [0.29, 0.717) is 11.8 Å². The predicted molar refractivity (Wildman–Crippen MR) is 128 cm³/mol. The Balaban J connectivity index is 1.47. The van der Waals surface area contributed by atoms with Crippen LogP contribution in [0, 0.1) is 0 Å². The standard InChI is InChI=1S/C21H31BrN6OS/c1-2-16(15-29)25-20-19(22)14-23-21(27-20)26-17-6-8-18(9-7-17)30-24-10-13-28-11-4-3-5-12-28/h6-9,14,16,24,29H,2-5,10-13,15H2,1H3,(H2,23,25,26,27). The van der Waals surface area contributed by atoms with Crippen LogP contribution in [0.2, 0.25) is 0 Å². The summed E-state index contributed by atoms with van der Waals surface area (Å²) in [7, 11) is 0. The Morgan fingerprint density at radius 1 is 1.20 bits per heavy atom. The second kappa shape index (κ2) is 12.5. The lowest BCUT2D eigenvalue weighted by molar-refractivity contribution is 0.233. The van der Waals surface area contributed by atoms with Gasteiger partial charge in [-0.25, -0.2) is 4.98 Å². The van der Waals surface area contributed by atoms with E-state index in [1.54, 1.807) is 18.1 Å². The minimum Gasteiger partial charge on any atom is -0.394 e. The summed E-state index contributed by atoms with van der Waals surface area (Å²) < 4.78 is 4.22. The highest BCUT2D eigenvalue weighted by atomic mass is 79.9. The molecule has 1 saturated heterocycles. The van der Waals surface area contributed by atoms with Gasteiger partial charge in [0.1, 0.15) is 5.82 Å². The predicted octanol–water partition coefficient (Wildman–Crippen LogP) is 4.25. The van der Waals surface area contributed by atoms with Crippen molar-refractivity contribution < 1.29 is 5.11 Å². The normalized spacial score (nSPS) is 15.7. The number of aliphatic hydroxyl groups is 1. The molecule has 3 rings (SSSR count). The number of nitrogens with one attached hydrogen (secondary N) is 3. The first-order chi connectivity index (χ1) is 14.7. The largest absolute Gasteiger partial charge is 0.394 e. The summed E-state index contributed by atoms with van der Waals surface area (Å²) in [4.78, 5) is 12.6. The van der Waals surface area contributed by atoms with Gasteiger partial charge in [-0.1, -0.05) is 13.3 Å². The van der Waals surface area contributed by atoms with Gasteiger partial charge in [-0.3, -0.25) is 4.72 Å². The van der Waals surface area contributed by atoms with Crippen molar-refractivity contribution in [3.8, 4) is 0 Å². The number of hydrogen-bond acceptors (Lipinski definition) is 8. The molecule has 0 spiro atoms. The Labute approximate surface area is 191 Å². The minimum atomic E-state index is -0.0391. The molecule has 2 heterocycles. The lowest BCUT2D eigenvalue weighted by atomic mass is 10.1. The van der Waals surface area contributed by atoms with Crippen LogP contribution >= 0.6 is 27.9 Å². The zero-order chi connectivity index (χ0) is 21.2. The van der Waals surface area contributed by atoms with Crippen LogP contribution < -0.4 is 15.4 Å². The average Bonchev–Trinajstić information content (AvgIpc) is 2.79. The van der Waals surface area contributed by atoms with Crippen molar-refractivity contribution in [1.82, 2.24) is 19.6 Å². The molecule has 1 aromatic heterocycles. The molecule has 9 heteroatoms. The smallest absolute Gasteiger partial charge is 0.229 e. The number of benzene rings is 1. The van der Waals surface area contributed by atoms with Gasteiger partial charge in [0.05, 0.1) is 17.1 Å². The highest BCUT2D eigenvalue weighted by Gasteiger charge is 2.11. The summed E-state index contributed by atoms with van der Waals surface area (Å²) in [6.07, 6.45) is 6.56. The first-order valence-corrected chi connectivity index (χ1v) is 12.2. The maximum atomic E-state index is 9.41. The molecule has 1 atom stereocenters. The van der Waals surface area contributed by atoms with Crippen LogP contribution in [0.25, 0.3) is 0 Å². The van der Waals surface area contributed by atoms with E-state index in [9.17, 15) is 5.11 Å². The molecule has 1 aromatic carbocycles. The summed E-state index contributed by atoms with van der Waals surface area (Å²) in [5.41, 5.74) is 0.926. The van der Waals surface area contributed by atoms with E-state index >= 15 is 0 Å². The van der Waals surface area contributed by atoms with E-state index in [-0.39, 0.29) is 12.6 Å². The van der Waals surface area contributed by atoms with Gasteiger partial charge in [0, 0.05) is 29.9 Å². The second-order valence-electron chi connectivity index (χ2n) is 7.37. The Morgan fingerprint density at radius 2 is 1.97 bits per heavy atom. The fraction of sp³-hybridized carbons (Fsp3) is 0.524. The molecule has 1 fully saturated rings. The van der Waals surface area contributed by atoms with Gasteiger partial charge in [0.25, 0.3) is 0 Å². The van der Waals surface area contributed by atoms with E-state index in [1.807, 2.05) is 19.1 Å². The second-order valence-corrected chi connectivity index (χ2v) is 9.19. The summed E-state index contributed by atoms with van der Waals surface area (Å²) in [5, 5.41) is 15.9. The highest BCUT2D eigenvalue weighted by Crippen LogP contribution is 2.24. The molecule has 0 saturated carbocycles. The van der Waals surface area contributed by atoms with Gasteiger partial charge >= 0.3 is 0 Å². The van der Waals surface area contributed by atoms with E-state index < -0.39 is 0 Å². The number of hydrogen-bond donors (Lipinski definition) is 4. The number of halogens is 1. The number of aromatic nitrogens is 2. The van der Waals surface area contributed by atoms with Gasteiger partial charge in [-0.2, -0.15) is 4.98 Å². The number of piperidine rings is 1. The fourth-order valence-electron chi connectivity index (χ4n) is 3.26. The van der Waals surface area contributed by atoms with E-state index in [4.69, 9.17) is 0 Å². The van der Waals surface area contributed by atoms with Crippen molar-refractivity contribution in [2.45, 2.75) is 43.5 Å².